The zero-order valence-electron chi connectivity index (χ0n) is 10.0. The monoisotopic (exact) mass is 226 g/mol. The fourth-order valence-electron chi connectivity index (χ4n) is 2.66. The Morgan fingerprint density at radius 2 is 2.06 bits per heavy atom. The highest BCUT2D eigenvalue weighted by Crippen LogP contribution is 2.25. The highest BCUT2D eigenvalue weighted by molar-refractivity contribution is 5.82. The van der Waals surface area contributed by atoms with E-state index >= 15 is 0 Å². The number of anilines is 1. The third-order valence-electron chi connectivity index (χ3n) is 3.67. The summed E-state index contributed by atoms with van der Waals surface area (Å²) in [5, 5.41) is 4.76. The van der Waals surface area contributed by atoms with Crippen molar-refractivity contribution in [2.24, 2.45) is 5.92 Å². The summed E-state index contributed by atoms with van der Waals surface area (Å²) in [6.45, 7) is 1.12. The summed E-state index contributed by atoms with van der Waals surface area (Å²) in [4.78, 5) is 4.33. The number of nitrogens with one attached hydrogen (secondary N) is 1. The second-order valence-corrected chi connectivity index (χ2v) is 4.94. The molecule has 2 nitrogen and oxygen atoms in total. The summed E-state index contributed by atoms with van der Waals surface area (Å²) >= 11 is 0. The molecule has 1 N–H and O–H groups in total. The summed E-state index contributed by atoms with van der Waals surface area (Å²) in [6, 6.07) is 10.5. The lowest BCUT2D eigenvalue weighted by Crippen LogP contribution is -2.10. The molecule has 0 amide bonds. The zero-order chi connectivity index (χ0) is 11.5. The molecular weight excluding hydrogens is 208 g/mol. The smallest absolute Gasteiger partial charge is 0.0703 e. The first kappa shape index (κ1) is 10.6. The first-order valence-corrected chi connectivity index (χ1v) is 6.50. The Bertz CT molecular complexity index is 501. The van der Waals surface area contributed by atoms with Crippen LogP contribution in [0, 0.1) is 5.92 Å². The Labute approximate surface area is 102 Å². The van der Waals surface area contributed by atoms with E-state index in [1.54, 1.807) is 0 Å². The van der Waals surface area contributed by atoms with Crippen molar-refractivity contribution < 1.29 is 0 Å². The van der Waals surface area contributed by atoms with E-state index in [1.165, 1.54) is 36.8 Å². The molecule has 0 bridgehead atoms. The molecule has 0 saturated heterocycles. The van der Waals surface area contributed by atoms with Gasteiger partial charge in [0.15, 0.2) is 0 Å². The molecule has 2 heteroatoms. The van der Waals surface area contributed by atoms with E-state index in [0.717, 1.165) is 18.0 Å². The lowest BCUT2D eigenvalue weighted by molar-refractivity contribution is 0.580. The van der Waals surface area contributed by atoms with E-state index < -0.39 is 0 Å². The average molecular weight is 226 g/mol. The molecule has 1 heterocycles. The number of pyridine rings is 1. The van der Waals surface area contributed by atoms with Crippen LogP contribution in [0.2, 0.25) is 0 Å². The van der Waals surface area contributed by atoms with Crippen molar-refractivity contribution in [1.82, 2.24) is 4.98 Å². The van der Waals surface area contributed by atoms with Gasteiger partial charge in [0.25, 0.3) is 0 Å². The molecule has 17 heavy (non-hydrogen) atoms. The Morgan fingerprint density at radius 1 is 1.18 bits per heavy atom. The van der Waals surface area contributed by atoms with Crippen LogP contribution >= 0.6 is 0 Å². The third kappa shape index (κ3) is 2.41. The zero-order valence-corrected chi connectivity index (χ0v) is 10.0. The first-order chi connectivity index (χ1) is 8.42. The van der Waals surface area contributed by atoms with Crippen LogP contribution in [0.3, 0.4) is 0 Å². The van der Waals surface area contributed by atoms with Gasteiger partial charge in [-0.05, 0) is 43.0 Å². The number of rotatable bonds is 3. The van der Waals surface area contributed by atoms with Gasteiger partial charge in [-0.15, -0.1) is 0 Å². The maximum atomic E-state index is 4.33. The highest BCUT2D eigenvalue weighted by Gasteiger charge is 2.14. The number of fused-ring (bicyclic) bond motifs is 1. The van der Waals surface area contributed by atoms with Crippen molar-refractivity contribution in [2.75, 3.05) is 11.9 Å². The summed E-state index contributed by atoms with van der Waals surface area (Å²) in [7, 11) is 0. The Hall–Kier alpha value is -1.57. The number of hydrogen-bond acceptors (Lipinski definition) is 2. The van der Waals surface area contributed by atoms with E-state index in [2.05, 4.69) is 34.6 Å². The van der Waals surface area contributed by atoms with Crippen molar-refractivity contribution in [3.8, 4) is 0 Å². The number of aromatic nitrogens is 1. The minimum absolute atomic E-state index is 0.875. The van der Waals surface area contributed by atoms with Crippen LogP contribution in [0.1, 0.15) is 25.7 Å². The van der Waals surface area contributed by atoms with Gasteiger partial charge in [-0.25, -0.2) is 0 Å². The normalized spacial score (nSPS) is 16.5. The number of benzene rings is 1. The molecule has 1 aliphatic carbocycles. The standard InChI is InChI=1S/C15H18N2/c1-2-5-12(4-1)11-17-14-7-8-15-13(10-14)6-3-9-16-15/h3,6-10,12,17H,1-2,4-5,11H2. The maximum absolute atomic E-state index is 4.33. The minimum Gasteiger partial charge on any atom is -0.385 e. The van der Waals surface area contributed by atoms with Crippen LogP contribution < -0.4 is 5.32 Å². The largest absolute Gasteiger partial charge is 0.385 e. The van der Waals surface area contributed by atoms with Gasteiger partial charge in [0.05, 0.1) is 5.52 Å². The lowest BCUT2D eigenvalue weighted by Gasteiger charge is -2.12. The minimum atomic E-state index is 0.875. The predicted octanol–water partition coefficient (Wildman–Crippen LogP) is 3.84. The van der Waals surface area contributed by atoms with Gasteiger partial charge in [-0.3, -0.25) is 4.98 Å². The van der Waals surface area contributed by atoms with Gasteiger partial charge in [0, 0.05) is 23.8 Å². The third-order valence-corrected chi connectivity index (χ3v) is 3.67. The molecule has 0 atom stereocenters. The predicted molar refractivity (Wildman–Crippen MR) is 72.2 cm³/mol. The SMILES string of the molecule is c1cnc2ccc(NCC3CCCC3)cc2c1. The van der Waals surface area contributed by atoms with Crippen LogP contribution in [0.5, 0.6) is 0 Å². The summed E-state index contributed by atoms with van der Waals surface area (Å²) in [5.41, 5.74) is 2.29. The summed E-state index contributed by atoms with van der Waals surface area (Å²) in [6.07, 6.45) is 7.44. The molecule has 0 spiro atoms. The first-order valence-electron chi connectivity index (χ1n) is 6.50. The van der Waals surface area contributed by atoms with Gasteiger partial charge in [0.1, 0.15) is 0 Å². The quantitative estimate of drug-likeness (QED) is 0.860. The second-order valence-electron chi connectivity index (χ2n) is 4.94. The van der Waals surface area contributed by atoms with Crippen molar-refractivity contribution in [2.45, 2.75) is 25.7 Å². The van der Waals surface area contributed by atoms with Gasteiger partial charge in [-0.1, -0.05) is 18.9 Å². The van der Waals surface area contributed by atoms with E-state index in [1.807, 2.05) is 12.3 Å². The molecule has 1 aliphatic rings. The van der Waals surface area contributed by atoms with Crippen molar-refractivity contribution in [3.63, 3.8) is 0 Å². The van der Waals surface area contributed by atoms with E-state index in [0.29, 0.717) is 0 Å². The summed E-state index contributed by atoms with van der Waals surface area (Å²) < 4.78 is 0. The van der Waals surface area contributed by atoms with Gasteiger partial charge >= 0.3 is 0 Å². The molecule has 0 aliphatic heterocycles. The lowest BCUT2D eigenvalue weighted by atomic mass is 10.1. The molecule has 1 saturated carbocycles. The maximum Gasteiger partial charge on any atom is 0.0703 e. The Balaban J connectivity index is 1.72. The molecule has 3 rings (SSSR count). The Kier molecular flexibility index (Phi) is 2.95. The molecule has 0 unspecified atom stereocenters. The highest BCUT2D eigenvalue weighted by atomic mass is 14.9. The fourth-order valence-corrected chi connectivity index (χ4v) is 2.66. The van der Waals surface area contributed by atoms with Crippen LogP contribution in [0.4, 0.5) is 5.69 Å². The van der Waals surface area contributed by atoms with Crippen molar-refractivity contribution in [1.29, 1.82) is 0 Å². The summed E-state index contributed by atoms with van der Waals surface area (Å²) in [5.74, 6) is 0.875. The fraction of sp³-hybridized carbons (Fsp3) is 0.400. The van der Waals surface area contributed by atoms with E-state index in [9.17, 15) is 0 Å². The molecule has 1 aromatic carbocycles. The van der Waals surface area contributed by atoms with E-state index in [-0.39, 0.29) is 0 Å². The van der Waals surface area contributed by atoms with Gasteiger partial charge in [0.2, 0.25) is 0 Å². The van der Waals surface area contributed by atoms with Crippen LogP contribution in [-0.2, 0) is 0 Å². The van der Waals surface area contributed by atoms with E-state index in [4.69, 9.17) is 0 Å². The molecule has 88 valence electrons. The number of hydrogen-bond donors (Lipinski definition) is 1. The van der Waals surface area contributed by atoms with Crippen LogP contribution in [0.15, 0.2) is 36.5 Å². The van der Waals surface area contributed by atoms with Gasteiger partial charge < -0.3 is 5.32 Å². The van der Waals surface area contributed by atoms with Crippen LogP contribution in [0.25, 0.3) is 10.9 Å². The van der Waals surface area contributed by atoms with Crippen molar-refractivity contribution in [3.05, 3.63) is 36.5 Å². The molecule has 0 radical (unpaired) electrons. The van der Waals surface area contributed by atoms with Crippen LogP contribution in [-0.4, -0.2) is 11.5 Å². The number of nitrogens with zero attached hydrogens (tertiary/aromatic N) is 1. The van der Waals surface area contributed by atoms with Gasteiger partial charge in [-0.2, -0.15) is 0 Å². The van der Waals surface area contributed by atoms with Crippen molar-refractivity contribution >= 4 is 16.6 Å². The second kappa shape index (κ2) is 4.74. The average Bonchev–Trinajstić information content (AvgIpc) is 2.89. The topological polar surface area (TPSA) is 24.9 Å². The molecule has 2 aromatic rings. The molecule has 1 fully saturated rings. The molecule has 1 aromatic heterocycles. The Morgan fingerprint density at radius 3 is 2.94 bits per heavy atom. The molecular formula is C15H18N2.